The van der Waals surface area contributed by atoms with Crippen LogP contribution in [0.3, 0.4) is 0 Å². The zero-order chi connectivity index (χ0) is 18.4. The molecule has 7 nitrogen and oxygen atoms in total. The fourth-order valence-electron chi connectivity index (χ4n) is 2.89. The average molecular weight is 354 g/mol. The van der Waals surface area contributed by atoms with E-state index in [0.717, 1.165) is 31.6 Å². The Hall–Kier alpha value is -2.96. The molecule has 0 unspecified atom stereocenters. The number of methoxy groups -OCH3 is 1. The number of nitrogens with one attached hydrogen (secondary N) is 1. The minimum Gasteiger partial charge on any atom is -0.465 e. The van der Waals surface area contributed by atoms with E-state index in [1.807, 2.05) is 4.90 Å². The molecule has 0 aliphatic carbocycles. The second-order valence-electron chi connectivity index (χ2n) is 6.19. The molecule has 26 heavy (non-hydrogen) atoms. The number of esters is 1. The van der Waals surface area contributed by atoms with Crippen molar-refractivity contribution in [2.45, 2.75) is 25.7 Å². The molecule has 0 bridgehead atoms. The zero-order valence-electron chi connectivity index (χ0n) is 14.8. The first-order valence-corrected chi connectivity index (χ1v) is 8.74. The molecule has 1 N–H and O–H groups in total. The van der Waals surface area contributed by atoms with Crippen molar-refractivity contribution in [3.63, 3.8) is 0 Å². The van der Waals surface area contributed by atoms with Crippen molar-refractivity contribution in [3.05, 3.63) is 47.9 Å². The maximum atomic E-state index is 12.5. The number of ether oxygens (including phenoxy) is 1. The quantitative estimate of drug-likeness (QED) is 0.850. The summed E-state index contributed by atoms with van der Waals surface area (Å²) in [6.45, 7) is 1.57. The van der Waals surface area contributed by atoms with Crippen molar-refractivity contribution in [2.24, 2.45) is 0 Å². The molecule has 3 rings (SSSR count). The fourth-order valence-corrected chi connectivity index (χ4v) is 2.89. The minimum atomic E-state index is -0.382. The molecule has 1 aromatic heterocycles. The summed E-state index contributed by atoms with van der Waals surface area (Å²) in [5, 5.41) is 3.09. The number of hydrogen-bond acceptors (Lipinski definition) is 6. The number of carbonyl (C=O) groups is 2. The number of anilines is 2. The lowest BCUT2D eigenvalue weighted by Crippen LogP contribution is -2.32. The summed E-state index contributed by atoms with van der Waals surface area (Å²) in [5.41, 5.74) is 1.60. The molecular weight excluding hydrogens is 332 g/mol. The highest BCUT2D eigenvalue weighted by molar-refractivity contribution is 5.92. The first-order valence-electron chi connectivity index (χ1n) is 8.74. The van der Waals surface area contributed by atoms with Crippen LogP contribution in [0.4, 0.5) is 11.5 Å². The van der Waals surface area contributed by atoms with Crippen LogP contribution in [0.25, 0.3) is 0 Å². The highest BCUT2D eigenvalue weighted by atomic mass is 16.5. The van der Waals surface area contributed by atoms with E-state index in [2.05, 4.69) is 20.0 Å². The van der Waals surface area contributed by atoms with E-state index < -0.39 is 0 Å². The second kappa shape index (κ2) is 8.42. The predicted octanol–water partition coefficient (Wildman–Crippen LogP) is 3.02. The van der Waals surface area contributed by atoms with Gasteiger partial charge < -0.3 is 15.0 Å². The molecule has 2 aromatic rings. The molecule has 0 radical (unpaired) electrons. The van der Waals surface area contributed by atoms with Crippen LogP contribution in [-0.4, -0.2) is 46.9 Å². The Bertz CT molecular complexity index is 751. The highest BCUT2D eigenvalue weighted by Crippen LogP contribution is 2.16. The van der Waals surface area contributed by atoms with Gasteiger partial charge >= 0.3 is 5.97 Å². The van der Waals surface area contributed by atoms with E-state index in [1.165, 1.54) is 26.1 Å². The molecule has 2 heterocycles. The third-order valence-electron chi connectivity index (χ3n) is 4.34. The molecule has 1 saturated heterocycles. The van der Waals surface area contributed by atoms with Gasteiger partial charge in [-0.3, -0.25) is 4.79 Å². The summed E-state index contributed by atoms with van der Waals surface area (Å²) < 4.78 is 4.67. The van der Waals surface area contributed by atoms with Crippen LogP contribution in [-0.2, 0) is 4.74 Å². The van der Waals surface area contributed by atoms with Crippen molar-refractivity contribution in [1.29, 1.82) is 0 Å². The van der Waals surface area contributed by atoms with Gasteiger partial charge in [0, 0.05) is 18.8 Å². The van der Waals surface area contributed by atoms with Gasteiger partial charge in [-0.15, -0.1) is 0 Å². The lowest BCUT2D eigenvalue weighted by atomic mass is 10.2. The van der Waals surface area contributed by atoms with Crippen LogP contribution >= 0.6 is 0 Å². The Labute approximate surface area is 152 Å². The Balaban J connectivity index is 1.63. The normalized spacial score (nSPS) is 14.4. The summed E-state index contributed by atoms with van der Waals surface area (Å²) in [5.74, 6) is 0.0873. The molecule has 1 fully saturated rings. The van der Waals surface area contributed by atoms with Gasteiger partial charge in [-0.1, -0.05) is 12.8 Å². The molecule has 1 aliphatic heterocycles. The van der Waals surface area contributed by atoms with E-state index in [0.29, 0.717) is 17.1 Å². The Morgan fingerprint density at radius 2 is 1.69 bits per heavy atom. The number of carbonyl (C=O) groups excluding carboxylic acids is 2. The third-order valence-corrected chi connectivity index (χ3v) is 4.34. The molecule has 1 aliphatic rings. The van der Waals surface area contributed by atoms with Crippen molar-refractivity contribution in [2.75, 3.05) is 25.5 Å². The maximum Gasteiger partial charge on any atom is 0.337 e. The topological polar surface area (TPSA) is 84.4 Å². The van der Waals surface area contributed by atoms with Crippen LogP contribution in [0.1, 0.15) is 46.5 Å². The molecule has 1 aromatic carbocycles. The Kier molecular flexibility index (Phi) is 5.78. The highest BCUT2D eigenvalue weighted by Gasteiger charge is 2.18. The minimum absolute atomic E-state index is 0.0617. The van der Waals surface area contributed by atoms with Crippen LogP contribution in [0.15, 0.2) is 36.7 Å². The van der Waals surface area contributed by atoms with Crippen LogP contribution in [0.2, 0.25) is 0 Å². The van der Waals surface area contributed by atoms with Gasteiger partial charge in [0.1, 0.15) is 11.5 Å². The van der Waals surface area contributed by atoms with Gasteiger partial charge in [0.25, 0.3) is 5.91 Å². The first kappa shape index (κ1) is 17.8. The monoisotopic (exact) mass is 354 g/mol. The van der Waals surface area contributed by atoms with Crippen molar-refractivity contribution >= 4 is 23.4 Å². The molecule has 1 amide bonds. The van der Waals surface area contributed by atoms with E-state index in [1.54, 1.807) is 30.5 Å². The SMILES string of the molecule is COC(=O)c1ccc(Nc2cnc(C(=O)N3CCCCCC3)cn2)cc1. The second-order valence-corrected chi connectivity index (χ2v) is 6.19. The molecule has 136 valence electrons. The van der Waals surface area contributed by atoms with E-state index in [-0.39, 0.29) is 11.9 Å². The number of amides is 1. The Morgan fingerprint density at radius 1 is 1.00 bits per heavy atom. The van der Waals surface area contributed by atoms with Gasteiger partial charge in [-0.05, 0) is 37.1 Å². The smallest absolute Gasteiger partial charge is 0.337 e. The molecule has 7 heteroatoms. The molecular formula is C19H22N4O3. The summed E-state index contributed by atoms with van der Waals surface area (Å²) in [6.07, 6.45) is 7.47. The molecule has 0 saturated carbocycles. The number of hydrogen-bond donors (Lipinski definition) is 1. The molecule has 0 atom stereocenters. The van der Waals surface area contributed by atoms with Gasteiger partial charge in [0.05, 0.1) is 25.1 Å². The predicted molar refractivity (Wildman–Crippen MR) is 97.5 cm³/mol. The maximum absolute atomic E-state index is 12.5. The summed E-state index contributed by atoms with van der Waals surface area (Å²) in [7, 11) is 1.35. The fraction of sp³-hybridized carbons (Fsp3) is 0.368. The van der Waals surface area contributed by atoms with Gasteiger partial charge in [0.15, 0.2) is 0 Å². The van der Waals surface area contributed by atoms with Crippen LogP contribution in [0, 0.1) is 0 Å². The van der Waals surface area contributed by atoms with Crippen molar-refractivity contribution in [3.8, 4) is 0 Å². The van der Waals surface area contributed by atoms with Crippen molar-refractivity contribution < 1.29 is 14.3 Å². The standard InChI is InChI=1S/C19H22N4O3/c1-26-19(25)14-6-8-15(9-7-14)22-17-13-20-16(12-21-17)18(24)23-10-4-2-3-5-11-23/h6-9,12-13H,2-5,10-11H2,1H3,(H,21,22). The largest absolute Gasteiger partial charge is 0.465 e. The van der Waals surface area contributed by atoms with E-state index >= 15 is 0 Å². The van der Waals surface area contributed by atoms with Crippen LogP contribution < -0.4 is 5.32 Å². The van der Waals surface area contributed by atoms with E-state index in [9.17, 15) is 9.59 Å². The van der Waals surface area contributed by atoms with Crippen LogP contribution in [0.5, 0.6) is 0 Å². The van der Waals surface area contributed by atoms with Gasteiger partial charge in [-0.25, -0.2) is 14.8 Å². The lowest BCUT2D eigenvalue weighted by molar-refractivity contribution is 0.0600. The van der Waals surface area contributed by atoms with E-state index in [4.69, 9.17) is 0 Å². The van der Waals surface area contributed by atoms with Gasteiger partial charge in [-0.2, -0.15) is 0 Å². The lowest BCUT2D eigenvalue weighted by Gasteiger charge is -2.19. The number of benzene rings is 1. The molecule has 0 spiro atoms. The number of aromatic nitrogens is 2. The number of rotatable bonds is 4. The van der Waals surface area contributed by atoms with Gasteiger partial charge in [0.2, 0.25) is 0 Å². The first-order chi connectivity index (χ1) is 12.7. The summed E-state index contributed by atoms with van der Waals surface area (Å²) >= 11 is 0. The Morgan fingerprint density at radius 3 is 2.27 bits per heavy atom. The average Bonchev–Trinajstić information content (AvgIpc) is 2.97. The van der Waals surface area contributed by atoms with Crippen molar-refractivity contribution in [1.82, 2.24) is 14.9 Å². The number of likely N-dealkylation sites (tertiary alicyclic amines) is 1. The summed E-state index contributed by atoms with van der Waals surface area (Å²) in [4.78, 5) is 34.3. The zero-order valence-corrected chi connectivity index (χ0v) is 14.8. The number of nitrogens with zero attached hydrogens (tertiary/aromatic N) is 3. The third kappa shape index (κ3) is 4.36. The summed E-state index contributed by atoms with van der Waals surface area (Å²) in [6, 6.07) is 6.84.